The van der Waals surface area contributed by atoms with Gasteiger partial charge in [-0.15, -0.1) is 0 Å². The fourth-order valence-electron chi connectivity index (χ4n) is 2.18. The lowest BCUT2D eigenvalue weighted by Crippen LogP contribution is -2.33. The number of hydrogen-bond acceptors (Lipinski definition) is 6. The van der Waals surface area contributed by atoms with Crippen molar-refractivity contribution in [2.75, 3.05) is 18.4 Å². The molecule has 0 aliphatic rings. The van der Waals surface area contributed by atoms with Gasteiger partial charge < -0.3 is 9.73 Å². The van der Waals surface area contributed by atoms with Gasteiger partial charge in [0, 0.05) is 24.7 Å². The van der Waals surface area contributed by atoms with Crippen molar-refractivity contribution >= 4 is 28.9 Å². The Morgan fingerprint density at radius 3 is 2.88 bits per heavy atom. The van der Waals surface area contributed by atoms with Crippen LogP contribution in [0.5, 0.6) is 0 Å². The van der Waals surface area contributed by atoms with Crippen LogP contribution in [0.3, 0.4) is 0 Å². The maximum atomic E-state index is 12.2. The molecule has 1 amide bonds. The van der Waals surface area contributed by atoms with Crippen LogP contribution in [0.25, 0.3) is 0 Å². The Hall–Kier alpha value is -2.89. The average molecular weight is 363 g/mol. The molecule has 0 aliphatic heterocycles. The number of nitrogens with zero attached hydrogens (tertiary/aromatic N) is 3. The van der Waals surface area contributed by atoms with E-state index in [9.17, 15) is 14.9 Å². The maximum Gasteiger partial charge on any atom is 0.289 e. The van der Waals surface area contributed by atoms with Gasteiger partial charge in [-0.3, -0.25) is 19.8 Å². The van der Waals surface area contributed by atoms with Gasteiger partial charge in [0.1, 0.15) is 10.8 Å². The van der Waals surface area contributed by atoms with Crippen LogP contribution in [0.15, 0.2) is 41.0 Å². The molecule has 1 aromatic carbocycles. The van der Waals surface area contributed by atoms with Crippen LogP contribution >= 0.6 is 11.6 Å². The second-order valence-electron chi connectivity index (χ2n) is 5.17. The van der Waals surface area contributed by atoms with E-state index in [1.54, 1.807) is 17.0 Å². The van der Waals surface area contributed by atoms with Crippen LogP contribution in [0.2, 0.25) is 5.02 Å². The van der Waals surface area contributed by atoms with Crippen molar-refractivity contribution in [2.45, 2.75) is 13.0 Å². The normalized spacial score (nSPS) is 10.4. The lowest BCUT2D eigenvalue weighted by atomic mass is 10.2. The molecule has 0 saturated carbocycles. The molecule has 9 heteroatoms. The van der Waals surface area contributed by atoms with Crippen LogP contribution in [0, 0.1) is 21.4 Å². The minimum atomic E-state index is -0.617. The van der Waals surface area contributed by atoms with E-state index in [4.69, 9.17) is 21.3 Å². The van der Waals surface area contributed by atoms with E-state index in [1.807, 2.05) is 6.07 Å². The van der Waals surface area contributed by atoms with E-state index in [0.29, 0.717) is 18.8 Å². The number of halogens is 1. The Morgan fingerprint density at radius 2 is 2.24 bits per heavy atom. The van der Waals surface area contributed by atoms with Crippen molar-refractivity contribution in [1.29, 1.82) is 5.26 Å². The third kappa shape index (κ3) is 5.60. The van der Waals surface area contributed by atoms with E-state index >= 15 is 0 Å². The Labute approximate surface area is 148 Å². The largest absolute Gasteiger partial charge is 0.468 e. The Balaban J connectivity index is 2.01. The number of carbonyl (C=O) groups excluding carboxylic acids is 1. The van der Waals surface area contributed by atoms with Crippen molar-refractivity contribution in [3.8, 4) is 6.07 Å². The number of benzene rings is 1. The quantitative estimate of drug-likeness (QED) is 0.570. The van der Waals surface area contributed by atoms with Crippen LogP contribution in [-0.2, 0) is 11.3 Å². The molecule has 0 aliphatic carbocycles. The standard InChI is InChI=1S/C16H15ClN4O4/c17-14-5-4-12(9-15(14)21(23)24)19-16(22)11-20(7-2-6-18)10-13-3-1-8-25-13/h1,3-5,8-9H,2,7,10-11H2,(H,19,22). The van der Waals surface area contributed by atoms with E-state index in [0.717, 1.165) is 0 Å². The second kappa shape index (κ2) is 8.82. The number of carbonyl (C=O) groups is 1. The first-order valence-electron chi connectivity index (χ1n) is 7.35. The molecule has 1 aromatic heterocycles. The number of nitro benzene ring substituents is 1. The second-order valence-corrected chi connectivity index (χ2v) is 5.58. The predicted molar refractivity (Wildman–Crippen MR) is 91.0 cm³/mol. The monoisotopic (exact) mass is 362 g/mol. The summed E-state index contributed by atoms with van der Waals surface area (Å²) >= 11 is 5.75. The molecule has 0 unspecified atom stereocenters. The number of amides is 1. The Kier molecular flexibility index (Phi) is 6.51. The summed E-state index contributed by atoms with van der Waals surface area (Å²) in [5.74, 6) is 0.314. The summed E-state index contributed by atoms with van der Waals surface area (Å²) in [4.78, 5) is 24.2. The molecule has 1 heterocycles. The summed E-state index contributed by atoms with van der Waals surface area (Å²) in [6.07, 6.45) is 1.80. The number of nitrogens with one attached hydrogen (secondary N) is 1. The van der Waals surface area contributed by atoms with E-state index in [-0.39, 0.29) is 35.3 Å². The fourth-order valence-corrected chi connectivity index (χ4v) is 2.37. The maximum absolute atomic E-state index is 12.2. The van der Waals surface area contributed by atoms with Crippen molar-refractivity contribution in [3.05, 3.63) is 57.5 Å². The van der Waals surface area contributed by atoms with Crippen LogP contribution in [0.1, 0.15) is 12.2 Å². The summed E-state index contributed by atoms with van der Waals surface area (Å²) in [5, 5.41) is 22.2. The molecular weight excluding hydrogens is 348 g/mol. The number of nitriles is 1. The third-order valence-electron chi connectivity index (χ3n) is 3.29. The summed E-state index contributed by atoms with van der Waals surface area (Å²) in [6.45, 7) is 0.785. The van der Waals surface area contributed by atoms with Crippen LogP contribution in [0.4, 0.5) is 11.4 Å². The van der Waals surface area contributed by atoms with Gasteiger partial charge in [-0.05, 0) is 24.3 Å². The summed E-state index contributed by atoms with van der Waals surface area (Å²) in [6, 6.07) is 9.59. The fraction of sp³-hybridized carbons (Fsp3) is 0.250. The highest BCUT2D eigenvalue weighted by atomic mass is 35.5. The first-order chi connectivity index (χ1) is 12.0. The molecular formula is C16H15ClN4O4. The average Bonchev–Trinajstić information content (AvgIpc) is 3.07. The molecule has 8 nitrogen and oxygen atoms in total. The van der Waals surface area contributed by atoms with Gasteiger partial charge in [0.25, 0.3) is 5.69 Å². The molecule has 2 aromatic rings. The predicted octanol–water partition coefficient (Wildman–Crippen LogP) is 3.20. The summed E-state index contributed by atoms with van der Waals surface area (Å²) < 4.78 is 5.25. The Bertz CT molecular complexity index is 786. The SMILES string of the molecule is N#CCCN(CC(=O)Nc1ccc(Cl)c([N+](=O)[O-])c1)Cc1ccco1. The van der Waals surface area contributed by atoms with Gasteiger partial charge in [0.2, 0.25) is 5.91 Å². The highest BCUT2D eigenvalue weighted by Crippen LogP contribution is 2.27. The number of nitro groups is 1. The third-order valence-corrected chi connectivity index (χ3v) is 3.61. The minimum Gasteiger partial charge on any atom is -0.468 e. The van der Waals surface area contributed by atoms with Crippen molar-refractivity contribution < 1.29 is 14.1 Å². The van der Waals surface area contributed by atoms with Gasteiger partial charge in [0.05, 0.1) is 30.3 Å². The molecule has 0 atom stereocenters. The topological polar surface area (TPSA) is 112 Å². The molecule has 130 valence electrons. The zero-order valence-electron chi connectivity index (χ0n) is 13.1. The highest BCUT2D eigenvalue weighted by Gasteiger charge is 2.16. The van der Waals surface area contributed by atoms with Crippen LogP contribution in [-0.4, -0.2) is 28.8 Å². The number of hydrogen-bond donors (Lipinski definition) is 1. The van der Waals surface area contributed by atoms with Crippen molar-refractivity contribution in [2.24, 2.45) is 0 Å². The lowest BCUT2D eigenvalue weighted by Gasteiger charge is -2.19. The number of anilines is 1. The molecule has 0 bridgehead atoms. The zero-order valence-corrected chi connectivity index (χ0v) is 13.9. The molecule has 0 fully saturated rings. The van der Waals surface area contributed by atoms with Crippen LogP contribution < -0.4 is 5.32 Å². The molecule has 1 N–H and O–H groups in total. The Morgan fingerprint density at radius 1 is 1.44 bits per heavy atom. The number of rotatable bonds is 8. The molecule has 0 saturated heterocycles. The first kappa shape index (κ1) is 18.4. The van der Waals surface area contributed by atoms with Gasteiger partial charge in [0.15, 0.2) is 0 Å². The lowest BCUT2D eigenvalue weighted by molar-refractivity contribution is -0.384. The van der Waals surface area contributed by atoms with Gasteiger partial charge in [-0.2, -0.15) is 5.26 Å². The first-order valence-corrected chi connectivity index (χ1v) is 7.73. The summed E-state index contributed by atoms with van der Waals surface area (Å²) in [5.41, 5.74) is -0.00396. The van der Waals surface area contributed by atoms with E-state index in [1.165, 1.54) is 24.5 Å². The molecule has 2 rings (SSSR count). The smallest absolute Gasteiger partial charge is 0.289 e. The van der Waals surface area contributed by atoms with E-state index in [2.05, 4.69) is 5.32 Å². The molecule has 0 radical (unpaired) electrons. The summed E-state index contributed by atoms with van der Waals surface area (Å²) in [7, 11) is 0. The molecule has 0 spiro atoms. The zero-order chi connectivity index (χ0) is 18.2. The van der Waals surface area contributed by atoms with Crippen molar-refractivity contribution in [1.82, 2.24) is 4.90 Å². The van der Waals surface area contributed by atoms with Crippen molar-refractivity contribution in [3.63, 3.8) is 0 Å². The van der Waals surface area contributed by atoms with Gasteiger partial charge in [-0.1, -0.05) is 11.6 Å². The van der Waals surface area contributed by atoms with Gasteiger partial charge in [-0.25, -0.2) is 0 Å². The molecule has 25 heavy (non-hydrogen) atoms. The van der Waals surface area contributed by atoms with E-state index < -0.39 is 4.92 Å². The van der Waals surface area contributed by atoms with Gasteiger partial charge >= 0.3 is 0 Å². The number of furan rings is 1. The minimum absolute atomic E-state index is 0.00327. The highest BCUT2D eigenvalue weighted by molar-refractivity contribution is 6.32.